The van der Waals surface area contributed by atoms with Crippen LogP contribution in [0.25, 0.3) is 0 Å². The van der Waals surface area contributed by atoms with Gasteiger partial charge in [0, 0.05) is 19.5 Å². The molecule has 1 saturated heterocycles. The molecule has 0 aromatic carbocycles. The number of hydrogen-bond acceptors (Lipinski definition) is 5. The molecule has 0 spiro atoms. The van der Waals surface area contributed by atoms with Crippen LogP contribution >= 0.6 is 11.3 Å². The Morgan fingerprint density at radius 3 is 2.67 bits per heavy atom. The molecule has 1 fully saturated rings. The molecular weight excluding hydrogens is 282 g/mol. The zero-order chi connectivity index (χ0) is 15.8. The monoisotopic (exact) mass is 305 g/mol. The van der Waals surface area contributed by atoms with Crippen molar-refractivity contribution in [3.05, 3.63) is 10.4 Å². The number of carbonyl (C=O) groups excluding carboxylic acids is 1. The van der Waals surface area contributed by atoms with E-state index in [1.54, 1.807) is 0 Å². The van der Waals surface area contributed by atoms with Crippen molar-refractivity contribution >= 4 is 27.8 Å². The molecule has 4 nitrogen and oxygen atoms in total. The Bertz CT molecular complexity index is 592. The minimum atomic E-state index is 0.0202. The Morgan fingerprint density at radius 2 is 2.19 bits per heavy atom. The van der Waals surface area contributed by atoms with E-state index in [-0.39, 0.29) is 11.2 Å². The standard InChI is InChI=1S/C16H23N3OS/c1-5-12(20)14-13(18)11(8-17)15(21-14)19-7-6-10(9-19)16(2,3)4/h10H,5-7,9,18H2,1-4H3. The summed E-state index contributed by atoms with van der Waals surface area (Å²) in [5.74, 6) is 0.615. The predicted octanol–water partition coefficient (Wildman–Crippen LogP) is 3.67. The average Bonchev–Trinajstić information content (AvgIpc) is 3.01. The molecule has 0 amide bonds. The predicted molar refractivity (Wildman–Crippen MR) is 87.8 cm³/mol. The lowest BCUT2D eigenvalue weighted by Gasteiger charge is -2.27. The number of nitrogens with zero attached hydrogens (tertiary/aromatic N) is 2. The Labute approximate surface area is 130 Å². The first kappa shape index (κ1) is 15.8. The fraction of sp³-hybridized carbons (Fsp3) is 0.625. The van der Waals surface area contributed by atoms with Gasteiger partial charge in [-0.05, 0) is 17.8 Å². The van der Waals surface area contributed by atoms with E-state index in [9.17, 15) is 10.1 Å². The van der Waals surface area contributed by atoms with Crippen LogP contribution in [-0.4, -0.2) is 18.9 Å². The molecule has 0 saturated carbocycles. The van der Waals surface area contributed by atoms with Crippen molar-refractivity contribution in [3.63, 3.8) is 0 Å². The fourth-order valence-corrected chi connectivity index (χ4v) is 4.00. The van der Waals surface area contributed by atoms with E-state index >= 15 is 0 Å². The first-order valence-corrected chi connectivity index (χ1v) is 8.21. The normalized spacial score (nSPS) is 18.8. The maximum absolute atomic E-state index is 12.0. The van der Waals surface area contributed by atoms with E-state index in [2.05, 4.69) is 31.7 Å². The van der Waals surface area contributed by atoms with Crippen molar-refractivity contribution in [3.8, 4) is 6.07 Å². The summed E-state index contributed by atoms with van der Waals surface area (Å²) >= 11 is 1.38. The van der Waals surface area contributed by atoms with Gasteiger partial charge >= 0.3 is 0 Å². The van der Waals surface area contributed by atoms with E-state index in [0.717, 1.165) is 24.5 Å². The summed E-state index contributed by atoms with van der Waals surface area (Å²) < 4.78 is 0. The lowest BCUT2D eigenvalue weighted by molar-refractivity contribution is 0.0993. The van der Waals surface area contributed by atoms with E-state index in [4.69, 9.17) is 5.73 Å². The van der Waals surface area contributed by atoms with Crippen molar-refractivity contribution < 1.29 is 4.79 Å². The van der Waals surface area contributed by atoms with Crippen LogP contribution in [0, 0.1) is 22.7 Å². The molecule has 2 heterocycles. The van der Waals surface area contributed by atoms with E-state index in [1.165, 1.54) is 11.3 Å². The van der Waals surface area contributed by atoms with Crippen LogP contribution in [0.5, 0.6) is 0 Å². The van der Waals surface area contributed by atoms with Crippen LogP contribution in [0.3, 0.4) is 0 Å². The summed E-state index contributed by atoms with van der Waals surface area (Å²) in [7, 11) is 0. The summed E-state index contributed by atoms with van der Waals surface area (Å²) in [4.78, 5) is 14.7. The van der Waals surface area contributed by atoms with Crippen molar-refractivity contribution in [2.45, 2.75) is 40.5 Å². The van der Waals surface area contributed by atoms with Crippen molar-refractivity contribution in [2.75, 3.05) is 23.7 Å². The van der Waals surface area contributed by atoms with Gasteiger partial charge in [0.25, 0.3) is 0 Å². The van der Waals surface area contributed by atoms with Crippen molar-refractivity contribution in [1.29, 1.82) is 5.26 Å². The molecule has 5 heteroatoms. The minimum absolute atomic E-state index is 0.0202. The number of rotatable bonds is 3. The number of ketones is 1. The highest BCUT2D eigenvalue weighted by Gasteiger charge is 2.34. The number of Topliss-reactive ketones (excluding diaryl/α,β-unsaturated/α-hetero) is 1. The van der Waals surface area contributed by atoms with Gasteiger partial charge in [-0.25, -0.2) is 0 Å². The summed E-state index contributed by atoms with van der Waals surface area (Å²) in [6.07, 6.45) is 1.53. The molecular formula is C16H23N3OS. The average molecular weight is 305 g/mol. The molecule has 1 aromatic heterocycles. The highest BCUT2D eigenvalue weighted by atomic mass is 32.1. The van der Waals surface area contributed by atoms with Gasteiger partial charge < -0.3 is 10.6 Å². The van der Waals surface area contributed by atoms with Gasteiger partial charge in [0.1, 0.15) is 16.6 Å². The number of hydrogen-bond donors (Lipinski definition) is 1. The minimum Gasteiger partial charge on any atom is -0.396 e. The van der Waals surface area contributed by atoms with Crippen LogP contribution < -0.4 is 10.6 Å². The Hall–Kier alpha value is -1.54. The van der Waals surface area contributed by atoms with Gasteiger partial charge in [-0.1, -0.05) is 27.7 Å². The molecule has 1 aromatic rings. The number of thiophene rings is 1. The van der Waals surface area contributed by atoms with Crippen LogP contribution in [0.2, 0.25) is 0 Å². The Morgan fingerprint density at radius 1 is 1.52 bits per heavy atom. The summed E-state index contributed by atoms with van der Waals surface area (Å²) in [6.45, 7) is 10.4. The van der Waals surface area contributed by atoms with Crippen molar-refractivity contribution in [1.82, 2.24) is 0 Å². The van der Waals surface area contributed by atoms with Gasteiger partial charge in [-0.15, -0.1) is 11.3 Å². The molecule has 0 radical (unpaired) electrons. The molecule has 1 atom stereocenters. The molecule has 0 bridgehead atoms. The largest absolute Gasteiger partial charge is 0.396 e. The molecule has 1 aliphatic rings. The summed E-state index contributed by atoms with van der Waals surface area (Å²) in [6, 6.07) is 2.19. The van der Waals surface area contributed by atoms with E-state index < -0.39 is 0 Å². The number of anilines is 2. The van der Waals surface area contributed by atoms with Crippen molar-refractivity contribution in [2.24, 2.45) is 11.3 Å². The third kappa shape index (κ3) is 2.91. The van der Waals surface area contributed by atoms with Gasteiger partial charge in [-0.3, -0.25) is 4.79 Å². The maximum atomic E-state index is 12.0. The highest BCUT2D eigenvalue weighted by Crippen LogP contribution is 2.43. The quantitative estimate of drug-likeness (QED) is 0.865. The first-order valence-electron chi connectivity index (χ1n) is 7.40. The number of nitriles is 1. The Kier molecular flexibility index (Phi) is 4.29. The molecule has 0 aliphatic carbocycles. The molecule has 1 unspecified atom stereocenters. The second kappa shape index (κ2) is 5.69. The molecule has 114 valence electrons. The third-order valence-corrected chi connectivity index (χ3v) is 5.62. The SMILES string of the molecule is CCC(=O)c1sc(N2CCC(C(C)(C)C)C2)c(C#N)c1N. The summed E-state index contributed by atoms with van der Waals surface area (Å²) in [5, 5.41) is 10.3. The Balaban J connectivity index is 2.34. The zero-order valence-electron chi connectivity index (χ0n) is 13.2. The lowest BCUT2D eigenvalue weighted by Crippen LogP contribution is -2.25. The smallest absolute Gasteiger partial charge is 0.174 e. The maximum Gasteiger partial charge on any atom is 0.174 e. The van der Waals surface area contributed by atoms with E-state index in [0.29, 0.717) is 28.5 Å². The highest BCUT2D eigenvalue weighted by molar-refractivity contribution is 7.19. The fourth-order valence-electron chi connectivity index (χ4n) is 2.78. The van der Waals surface area contributed by atoms with Gasteiger partial charge in [0.2, 0.25) is 0 Å². The third-order valence-electron chi connectivity index (χ3n) is 4.31. The number of carbonyl (C=O) groups is 1. The second-order valence-electron chi connectivity index (χ2n) is 6.71. The molecule has 1 aliphatic heterocycles. The molecule has 21 heavy (non-hydrogen) atoms. The lowest BCUT2D eigenvalue weighted by atomic mass is 9.80. The van der Waals surface area contributed by atoms with Crippen LogP contribution in [0.15, 0.2) is 0 Å². The summed E-state index contributed by atoms with van der Waals surface area (Å²) in [5.41, 5.74) is 7.12. The zero-order valence-corrected chi connectivity index (χ0v) is 14.0. The van der Waals surface area contributed by atoms with Crippen LogP contribution in [0.4, 0.5) is 10.7 Å². The van der Waals surface area contributed by atoms with Crippen LogP contribution in [-0.2, 0) is 0 Å². The van der Waals surface area contributed by atoms with Gasteiger partial charge in [0.15, 0.2) is 5.78 Å². The second-order valence-corrected chi connectivity index (χ2v) is 7.71. The van der Waals surface area contributed by atoms with Gasteiger partial charge in [-0.2, -0.15) is 5.26 Å². The number of nitrogens with two attached hydrogens (primary N) is 1. The van der Waals surface area contributed by atoms with Crippen LogP contribution in [0.1, 0.15) is 55.8 Å². The first-order chi connectivity index (χ1) is 9.79. The molecule has 2 rings (SSSR count). The number of nitrogen functional groups attached to an aromatic ring is 1. The van der Waals surface area contributed by atoms with E-state index in [1.807, 2.05) is 6.92 Å². The topological polar surface area (TPSA) is 70.1 Å². The molecule has 2 N–H and O–H groups in total. The van der Waals surface area contributed by atoms with Gasteiger partial charge in [0.05, 0.1) is 10.6 Å².